The van der Waals surface area contributed by atoms with Gasteiger partial charge in [0.25, 0.3) is 0 Å². The molecule has 1 unspecified atom stereocenters. The molecule has 5 heteroatoms. The molecule has 0 radical (unpaired) electrons. The van der Waals surface area contributed by atoms with Crippen LogP contribution in [0.15, 0.2) is 18.5 Å². The van der Waals surface area contributed by atoms with E-state index in [-0.39, 0.29) is 5.91 Å². The monoisotopic (exact) mass is 236 g/mol. The molecule has 0 saturated carbocycles. The molecule has 1 aromatic rings. The Labute approximate surface area is 102 Å². The highest BCUT2D eigenvalue weighted by atomic mass is 16.1. The Balaban J connectivity index is 1.54. The molecule has 0 spiro atoms. The van der Waals surface area contributed by atoms with Crippen molar-refractivity contribution in [3.05, 3.63) is 18.5 Å². The first kappa shape index (κ1) is 12.1. The summed E-state index contributed by atoms with van der Waals surface area (Å²) in [5, 5.41) is 10.3. The molecule has 94 valence electrons. The van der Waals surface area contributed by atoms with Crippen LogP contribution in [-0.2, 0) is 11.3 Å². The predicted molar refractivity (Wildman–Crippen MR) is 65.4 cm³/mol. The Morgan fingerprint density at radius 2 is 2.53 bits per heavy atom. The summed E-state index contributed by atoms with van der Waals surface area (Å²) in [4.78, 5) is 11.6. The molecule has 2 heterocycles. The SMILES string of the molecule is O=C(CCC1CCNC1)NCCn1cccn1. The molecule has 17 heavy (non-hydrogen) atoms. The Hall–Kier alpha value is -1.36. The number of amides is 1. The van der Waals surface area contributed by atoms with Gasteiger partial charge in [0.1, 0.15) is 0 Å². The average Bonchev–Trinajstić information content (AvgIpc) is 2.99. The third kappa shape index (κ3) is 4.19. The molecule has 0 aliphatic carbocycles. The minimum absolute atomic E-state index is 0.157. The van der Waals surface area contributed by atoms with E-state index in [1.165, 1.54) is 6.42 Å². The third-order valence-corrected chi connectivity index (χ3v) is 3.16. The molecule has 1 fully saturated rings. The molecule has 1 aliphatic rings. The highest BCUT2D eigenvalue weighted by molar-refractivity contribution is 5.75. The number of hydrogen-bond acceptors (Lipinski definition) is 3. The van der Waals surface area contributed by atoms with Crippen LogP contribution in [0.5, 0.6) is 0 Å². The normalized spacial score (nSPS) is 19.4. The summed E-state index contributed by atoms with van der Waals surface area (Å²) in [5.74, 6) is 0.843. The molecule has 2 rings (SSSR count). The van der Waals surface area contributed by atoms with Gasteiger partial charge < -0.3 is 10.6 Å². The lowest BCUT2D eigenvalue weighted by molar-refractivity contribution is -0.121. The van der Waals surface area contributed by atoms with Crippen LogP contribution in [0.4, 0.5) is 0 Å². The van der Waals surface area contributed by atoms with Crippen molar-refractivity contribution in [3.8, 4) is 0 Å². The van der Waals surface area contributed by atoms with Crippen molar-refractivity contribution in [2.24, 2.45) is 5.92 Å². The van der Waals surface area contributed by atoms with Gasteiger partial charge in [-0.15, -0.1) is 0 Å². The van der Waals surface area contributed by atoms with Crippen molar-refractivity contribution in [1.29, 1.82) is 0 Å². The molecule has 0 aromatic carbocycles. The molecular formula is C12H20N4O. The minimum Gasteiger partial charge on any atom is -0.354 e. The van der Waals surface area contributed by atoms with Gasteiger partial charge in [-0.2, -0.15) is 5.10 Å². The second-order valence-corrected chi connectivity index (χ2v) is 4.52. The van der Waals surface area contributed by atoms with Crippen LogP contribution in [0, 0.1) is 5.92 Å². The first-order valence-corrected chi connectivity index (χ1v) is 6.29. The van der Waals surface area contributed by atoms with Crippen LogP contribution in [0.3, 0.4) is 0 Å². The molecule has 1 atom stereocenters. The van der Waals surface area contributed by atoms with E-state index >= 15 is 0 Å². The van der Waals surface area contributed by atoms with Gasteiger partial charge in [0, 0.05) is 25.4 Å². The number of nitrogens with one attached hydrogen (secondary N) is 2. The fourth-order valence-electron chi connectivity index (χ4n) is 2.13. The summed E-state index contributed by atoms with van der Waals surface area (Å²) >= 11 is 0. The van der Waals surface area contributed by atoms with Crippen LogP contribution >= 0.6 is 0 Å². The molecule has 5 nitrogen and oxygen atoms in total. The largest absolute Gasteiger partial charge is 0.354 e. The van der Waals surface area contributed by atoms with Gasteiger partial charge in [-0.3, -0.25) is 9.48 Å². The van der Waals surface area contributed by atoms with Crippen molar-refractivity contribution >= 4 is 5.91 Å². The van der Waals surface area contributed by atoms with E-state index in [0.717, 1.165) is 26.1 Å². The zero-order valence-corrected chi connectivity index (χ0v) is 10.1. The molecule has 1 aromatic heterocycles. The minimum atomic E-state index is 0.157. The fraction of sp³-hybridized carbons (Fsp3) is 0.667. The van der Waals surface area contributed by atoms with Gasteiger partial charge in [-0.05, 0) is 37.9 Å². The van der Waals surface area contributed by atoms with Crippen molar-refractivity contribution < 1.29 is 4.79 Å². The van der Waals surface area contributed by atoms with Gasteiger partial charge in [0.15, 0.2) is 0 Å². The summed E-state index contributed by atoms with van der Waals surface area (Å²) in [5.41, 5.74) is 0. The standard InChI is InChI=1S/C12H20N4O/c17-12(3-2-11-4-6-13-10-11)14-7-9-16-8-1-5-15-16/h1,5,8,11,13H,2-4,6-7,9-10H2,(H,14,17). The highest BCUT2D eigenvalue weighted by Gasteiger charge is 2.15. The van der Waals surface area contributed by atoms with Crippen LogP contribution in [0.1, 0.15) is 19.3 Å². The molecular weight excluding hydrogens is 216 g/mol. The van der Waals surface area contributed by atoms with Crippen LogP contribution in [0.2, 0.25) is 0 Å². The van der Waals surface area contributed by atoms with E-state index in [0.29, 0.717) is 18.9 Å². The third-order valence-electron chi connectivity index (χ3n) is 3.16. The lowest BCUT2D eigenvalue weighted by Gasteiger charge is -2.08. The second kappa shape index (κ2) is 6.39. The number of hydrogen-bond donors (Lipinski definition) is 2. The van der Waals surface area contributed by atoms with Gasteiger partial charge in [0.05, 0.1) is 6.54 Å². The van der Waals surface area contributed by atoms with E-state index in [1.807, 2.05) is 16.9 Å². The Kier molecular flexibility index (Phi) is 4.55. The molecule has 1 saturated heterocycles. The molecule has 1 amide bonds. The zero-order chi connectivity index (χ0) is 11.9. The van der Waals surface area contributed by atoms with Crippen LogP contribution in [0.25, 0.3) is 0 Å². The van der Waals surface area contributed by atoms with Crippen molar-refractivity contribution in [1.82, 2.24) is 20.4 Å². The van der Waals surface area contributed by atoms with Gasteiger partial charge in [-0.25, -0.2) is 0 Å². The number of nitrogens with zero attached hydrogens (tertiary/aromatic N) is 2. The number of rotatable bonds is 6. The van der Waals surface area contributed by atoms with Crippen molar-refractivity contribution in [3.63, 3.8) is 0 Å². The smallest absolute Gasteiger partial charge is 0.220 e. The number of carbonyl (C=O) groups excluding carboxylic acids is 1. The summed E-state index contributed by atoms with van der Waals surface area (Å²) in [6, 6.07) is 1.88. The van der Waals surface area contributed by atoms with Gasteiger partial charge in [0.2, 0.25) is 5.91 Å². The molecule has 0 bridgehead atoms. The van der Waals surface area contributed by atoms with Crippen LogP contribution in [-0.4, -0.2) is 35.3 Å². The molecule has 2 N–H and O–H groups in total. The summed E-state index contributed by atoms with van der Waals surface area (Å²) in [6.45, 7) is 3.57. The van der Waals surface area contributed by atoms with E-state index in [2.05, 4.69) is 15.7 Å². The Morgan fingerprint density at radius 3 is 3.24 bits per heavy atom. The lowest BCUT2D eigenvalue weighted by Crippen LogP contribution is -2.27. The van der Waals surface area contributed by atoms with E-state index in [4.69, 9.17) is 0 Å². The molecule has 1 aliphatic heterocycles. The van der Waals surface area contributed by atoms with E-state index in [1.54, 1.807) is 6.20 Å². The Morgan fingerprint density at radius 1 is 1.59 bits per heavy atom. The predicted octanol–water partition coefficient (Wildman–Crippen LogP) is 0.389. The van der Waals surface area contributed by atoms with Crippen molar-refractivity contribution in [2.75, 3.05) is 19.6 Å². The highest BCUT2D eigenvalue weighted by Crippen LogP contribution is 2.13. The summed E-state index contributed by atoms with van der Waals surface area (Å²) in [6.07, 6.45) is 6.50. The van der Waals surface area contributed by atoms with E-state index < -0.39 is 0 Å². The first-order valence-electron chi connectivity index (χ1n) is 6.29. The lowest BCUT2D eigenvalue weighted by atomic mass is 10.0. The zero-order valence-electron chi connectivity index (χ0n) is 10.1. The Bertz CT molecular complexity index is 330. The average molecular weight is 236 g/mol. The number of carbonyl (C=O) groups is 1. The number of aromatic nitrogens is 2. The van der Waals surface area contributed by atoms with Crippen molar-refractivity contribution in [2.45, 2.75) is 25.8 Å². The summed E-state index contributed by atoms with van der Waals surface area (Å²) < 4.78 is 1.82. The second-order valence-electron chi connectivity index (χ2n) is 4.52. The quantitative estimate of drug-likeness (QED) is 0.751. The topological polar surface area (TPSA) is 59.0 Å². The first-order chi connectivity index (χ1) is 8.34. The fourth-order valence-corrected chi connectivity index (χ4v) is 2.13. The maximum Gasteiger partial charge on any atom is 0.220 e. The van der Waals surface area contributed by atoms with Crippen LogP contribution < -0.4 is 10.6 Å². The van der Waals surface area contributed by atoms with Gasteiger partial charge >= 0.3 is 0 Å². The summed E-state index contributed by atoms with van der Waals surface area (Å²) in [7, 11) is 0. The maximum atomic E-state index is 11.6. The maximum absolute atomic E-state index is 11.6. The van der Waals surface area contributed by atoms with E-state index in [9.17, 15) is 4.79 Å². The van der Waals surface area contributed by atoms with Gasteiger partial charge in [-0.1, -0.05) is 0 Å².